The van der Waals surface area contributed by atoms with Gasteiger partial charge in [0.05, 0.1) is 24.3 Å². The Bertz CT molecular complexity index is 872. The third-order valence-electron chi connectivity index (χ3n) is 5.43. The van der Waals surface area contributed by atoms with Gasteiger partial charge < -0.3 is 14.8 Å². The van der Waals surface area contributed by atoms with E-state index in [0.717, 1.165) is 30.0 Å². The molecule has 0 radical (unpaired) electrons. The van der Waals surface area contributed by atoms with Crippen LogP contribution in [0.5, 0.6) is 0 Å². The first kappa shape index (κ1) is 18.4. The average Bonchev–Trinajstić information content (AvgIpc) is 3.19. The minimum Gasteiger partial charge on any atom is -0.381 e. The van der Waals surface area contributed by atoms with Crippen molar-refractivity contribution in [3.8, 4) is 0 Å². The third-order valence-corrected chi connectivity index (χ3v) is 7.21. The molecule has 0 spiro atoms. The number of fused-ring (bicyclic) bond motifs is 1. The van der Waals surface area contributed by atoms with Crippen molar-refractivity contribution in [3.05, 3.63) is 29.3 Å². The SMILES string of the molecule is COC1CC(NC(=O)c2ccc3c(c2)S(=O)(=O)N(CC2CCCO2)C3=O)C1. The number of amides is 2. The van der Waals surface area contributed by atoms with Gasteiger partial charge in [-0.25, -0.2) is 12.7 Å². The summed E-state index contributed by atoms with van der Waals surface area (Å²) in [5.41, 5.74) is 0.331. The number of rotatable bonds is 5. The number of ether oxygens (including phenoxy) is 2. The molecular weight excluding hydrogens is 372 g/mol. The standard InChI is InChI=1S/C18H22N2O6S/c1-25-14-8-12(9-14)19-17(21)11-4-5-15-16(7-11)27(23,24)20(18(15)22)10-13-3-2-6-26-13/h4-5,7,12-14H,2-3,6,8-10H2,1H3,(H,19,21). The smallest absolute Gasteiger partial charge is 0.269 e. The molecule has 0 aromatic heterocycles. The molecule has 27 heavy (non-hydrogen) atoms. The zero-order valence-electron chi connectivity index (χ0n) is 15.0. The number of carbonyl (C=O) groups excluding carboxylic acids is 2. The van der Waals surface area contributed by atoms with Gasteiger partial charge in [0.2, 0.25) is 0 Å². The Labute approximate surface area is 157 Å². The Morgan fingerprint density at radius 2 is 2.15 bits per heavy atom. The average molecular weight is 394 g/mol. The van der Waals surface area contributed by atoms with E-state index in [1.807, 2.05) is 0 Å². The van der Waals surface area contributed by atoms with Crippen LogP contribution in [0.2, 0.25) is 0 Å². The fourth-order valence-electron chi connectivity index (χ4n) is 3.71. The second kappa shape index (κ2) is 6.88. The molecule has 2 fully saturated rings. The number of hydrogen-bond donors (Lipinski definition) is 1. The fraction of sp³-hybridized carbons (Fsp3) is 0.556. The quantitative estimate of drug-likeness (QED) is 0.797. The number of nitrogens with zero attached hydrogens (tertiary/aromatic N) is 1. The molecule has 1 N–H and O–H groups in total. The minimum absolute atomic E-state index is 0.0118. The van der Waals surface area contributed by atoms with Crippen LogP contribution < -0.4 is 5.32 Å². The Hall–Kier alpha value is -1.97. The Kier molecular flexibility index (Phi) is 4.69. The molecule has 1 aliphatic carbocycles. The Morgan fingerprint density at radius 3 is 2.81 bits per heavy atom. The van der Waals surface area contributed by atoms with Crippen LogP contribution in [-0.4, -0.2) is 63.0 Å². The molecule has 1 aromatic rings. The van der Waals surface area contributed by atoms with E-state index in [9.17, 15) is 18.0 Å². The van der Waals surface area contributed by atoms with Gasteiger partial charge in [-0.15, -0.1) is 0 Å². The first-order valence-electron chi connectivity index (χ1n) is 9.06. The van der Waals surface area contributed by atoms with Gasteiger partial charge in [0, 0.05) is 25.3 Å². The van der Waals surface area contributed by atoms with Crippen LogP contribution in [0, 0.1) is 0 Å². The van der Waals surface area contributed by atoms with Crippen LogP contribution in [0.25, 0.3) is 0 Å². The highest BCUT2D eigenvalue weighted by Crippen LogP contribution is 2.32. The number of sulfonamides is 1. The topological polar surface area (TPSA) is 102 Å². The molecule has 4 rings (SSSR count). The maximum absolute atomic E-state index is 12.8. The number of hydrogen-bond acceptors (Lipinski definition) is 6. The number of carbonyl (C=O) groups is 2. The largest absolute Gasteiger partial charge is 0.381 e. The van der Waals surface area contributed by atoms with Crippen LogP contribution in [0.4, 0.5) is 0 Å². The molecule has 1 aromatic carbocycles. The van der Waals surface area contributed by atoms with Gasteiger partial charge in [-0.05, 0) is 43.9 Å². The highest BCUT2D eigenvalue weighted by atomic mass is 32.2. The maximum Gasteiger partial charge on any atom is 0.269 e. The van der Waals surface area contributed by atoms with Crippen LogP contribution in [0.3, 0.4) is 0 Å². The molecule has 9 heteroatoms. The molecular formula is C18H22N2O6S. The Balaban J connectivity index is 1.52. The molecule has 1 unspecified atom stereocenters. The van der Waals surface area contributed by atoms with E-state index in [0.29, 0.717) is 6.61 Å². The van der Waals surface area contributed by atoms with E-state index in [1.165, 1.54) is 18.2 Å². The predicted octanol–water partition coefficient (Wildman–Crippen LogP) is 0.917. The summed E-state index contributed by atoms with van der Waals surface area (Å²) in [4.78, 5) is 24.9. The molecule has 2 amide bonds. The summed E-state index contributed by atoms with van der Waals surface area (Å²) >= 11 is 0. The summed E-state index contributed by atoms with van der Waals surface area (Å²) in [6.45, 7) is 0.590. The molecule has 2 aliphatic heterocycles. The van der Waals surface area contributed by atoms with Gasteiger partial charge in [-0.3, -0.25) is 9.59 Å². The zero-order chi connectivity index (χ0) is 19.2. The molecule has 1 saturated carbocycles. The van der Waals surface area contributed by atoms with Crippen molar-refractivity contribution < 1.29 is 27.5 Å². The lowest BCUT2D eigenvalue weighted by Gasteiger charge is -2.34. The van der Waals surface area contributed by atoms with Crippen molar-refractivity contribution in [2.75, 3.05) is 20.3 Å². The number of nitrogens with one attached hydrogen (secondary N) is 1. The van der Waals surface area contributed by atoms with Crippen LogP contribution >= 0.6 is 0 Å². The third kappa shape index (κ3) is 3.24. The van der Waals surface area contributed by atoms with Gasteiger partial charge in [0.15, 0.2) is 0 Å². The fourth-order valence-corrected chi connectivity index (χ4v) is 5.34. The monoisotopic (exact) mass is 394 g/mol. The van der Waals surface area contributed by atoms with Crippen LogP contribution in [0.1, 0.15) is 46.4 Å². The zero-order valence-corrected chi connectivity index (χ0v) is 15.8. The van der Waals surface area contributed by atoms with Crippen LogP contribution in [-0.2, 0) is 19.5 Å². The lowest BCUT2D eigenvalue weighted by Crippen LogP contribution is -2.47. The highest BCUT2D eigenvalue weighted by Gasteiger charge is 2.43. The van der Waals surface area contributed by atoms with Gasteiger partial charge >= 0.3 is 0 Å². The summed E-state index contributed by atoms with van der Waals surface area (Å²) < 4.78 is 37.2. The van der Waals surface area contributed by atoms with Crippen molar-refractivity contribution >= 4 is 21.8 Å². The minimum atomic E-state index is -3.97. The predicted molar refractivity (Wildman–Crippen MR) is 94.9 cm³/mol. The maximum atomic E-state index is 12.8. The van der Waals surface area contributed by atoms with Crippen molar-refractivity contribution in [1.29, 1.82) is 0 Å². The van der Waals surface area contributed by atoms with Crippen molar-refractivity contribution in [1.82, 2.24) is 9.62 Å². The summed E-state index contributed by atoms with van der Waals surface area (Å²) in [5, 5.41) is 2.86. The normalized spacial score (nSPS) is 28.7. The molecule has 146 valence electrons. The van der Waals surface area contributed by atoms with Crippen molar-refractivity contribution in [2.24, 2.45) is 0 Å². The van der Waals surface area contributed by atoms with E-state index in [4.69, 9.17) is 9.47 Å². The van der Waals surface area contributed by atoms with Gasteiger partial charge in [0.25, 0.3) is 21.8 Å². The molecule has 2 heterocycles. The summed E-state index contributed by atoms with van der Waals surface area (Å²) in [7, 11) is -2.34. The second-order valence-corrected chi connectivity index (χ2v) is 9.02. The molecule has 3 aliphatic rings. The second-order valence-electron chi connectivity index (χ2n) is 7.19. The van der Waals surface area contributed by atoms with Crippen molar-refractivity contribution in [3.63, 3.8) is 0 Å². The molecule has 1 atom stereocenters. The van der Waals surface area contributed by atoms with Crippen molar-refractivity contribution in [2.45, 2.75) is 48.8 Å². The van der Waals surface area contributed by atoms with Crippen LogP contribution in [0.15, 0.2) is 23.1 Å². The van der Waals surface area contributed by atoms with E-state index >= 15 is 0 Å². The summed E-state index contributed by atoms with van der Waals surface area (Å²) in [5.74, 6) is -0.910. The molecule has 0 bridgehead atoms. The number of methoxy groups -OCH3 is 1. The lowest BCUT2D eigenvalue weighted by atomic mass is 9.89. The van der Waals surface area contributed by atoms with E-state index < -0.39 is 15.9 Å². The Morgan fingerprint density at radius 1 is 1.37 bits per heavy atom. The summed E-state index contributed by atoms with van der Waals surface area (Å²) in [6.07, 6.45) is 2.94. The van der Waals surface area contributed by atoms with Gasteiger partial charge in [-0.1, -0.05) is 0 Å². The molecule has 8 nitrogen and oxygen atoms in total. The lowest BCUT2D eigenvalue weighted by molar-refractivity contribution is 0.0176. The first-order valence-corrected chi connectivity index (χ1v) is 10.5. The number of benzene rings is 1. The molecule has 1 saturated heterocycles. The van der Waals surface area contributed by atoms with E-state index in [2.05, 4.69) is 5.32 Å². The van der Waals surface area contributed by atoms with Gasteiger partial charge in [0.1, 0.15) is 4.90 Å². The highest BCUT2D eigenvalue weighted by molar-refractivity contribution is 7.90. The summed E-state index contributed by atoms with van der Waals surface area (Å²) in [6, 6.07) is 4.21. The van der Waals surface area contributed by atoms with E-state index in [-0.39, 0.29) is 46.7 Å². The van der Waals surface area contributed by atoms with Gasteiger partial charge in [-0.2, -0.15) is 0 Å². The first-order chi connectivity index (χ1) is 12.9. The van der Waals surface area contributed by atoms with E-state index in [1.54, 1.807) is 7.11 Å².